The van der Waals surface area contributed by atoms with E-state index in [1.807, 2.05) is 24.3 Å². The van der Waals surface area contributed by atoms with Gasteiger partial charge in [0.05, 0.1) is 18.6 Å². The molecule has 19 heavy (non-hydrogen) atoms. The first kappa shape index (κ1) is 15.7. The Bertz CT molecular complexity index is 460. The molecule has 0 radical (unpaired) electrons. The first-order chi connectivity index (χ1) is 8.88. The van der Waals surface area contributed by atoms with Crippen LogP contribution in [0.4, 0.5) is 0 Å². The lowest BCUT2D eigenvalue weighted by molar-refractivity contribution is -0.148. The fourth-order valence-corrected chi connectivity index (χ4v) is 2.12. The number of ether oxygens (including phenoxy) is 1. The molecular weight excluding hydrogens is 310 g/mol. The van der Waals surface area contributed by atoms with Crippen LogP contribution in [0.15, 0.2) is 28.7 Å². The van der Waals surface area contributed by atoms with Crippen molar-refractivity contribution < 1.29 is 14.3 Å². The molecule has 0 aliphatic rings. The molecule has 0 spiro atoms. The number of halogens is 1. The van der Waals surface area contributed by atoms with Crippen molar-refractivity contribution >= 4 is 27.8 Å². The fraction of sp³-hybridized carbons (Fsp3) is 0.429. The maximum absolute atomic E-state index is 11.7. The van der Waals surface area contributed by atoms with E-state index < -0.39 is 0 Å². The van der Waals surface area contributed by atoms with Crippen molar-refractivity contribution in [3.63, 3.8) is 0 Å². The highest BCUT2D eigenvalue weighted by molar-refractivity contribution is 9.10. The second kappa shape index (κ2) is 7.28. The predicted molar refractivity (Wildman–Crippen MR) is 76.5 cm³/mol. The maximum Gasteiger partial charge on any atom is 0.308 e. The van der Waals surface area contributed by atoms with Gasteiger partial charge in [0.2, 0.25) is 5.91 Å². The number of benzene rings is 1. The lowest BCUT2D eigenvalue weighted by Gasteiger charge is -2.18. The molecule has 4 nitrogen and oxygen atoms in total. The van der Waals surface area contributed by atoms with Crippen molar-refractivity contribution in [1.29, 1.82) is 0 Å². The number of hydrogen-bond acceptors (Lipinski definition) is 3. The van der Waals surface area contributed by atoms with Gasteiger partial charge in [-0.25, -0.2) is 0 Å². The minimum atomic E-state index is -0.374. The van der Waals surface area contributed by atoms with Gasteiger partial charge in [0.25, 0.3) is 0 Å². The second-order valence-corrected chi connectivity index (χ2v) is 5.47. The zero-order valence-corrected chi connectivity index (χ0v) is 12.9. The van der Waals surface area contributed by atoms with Gasteiger partial charge in [0.15, 0.2) is 0 Å². The predicted octanol–water partition coefficient (Wildman–Crippen LogP) is 2.97. The lowest BCUT2D eigenvalue weighted by Crippen LogP contribution is -2.29. The largest absolute Gasteiger partial charge is 0.463 e. The lowest BCUT2D eigenvalue weighted by atomic mass is 10.0. The smallest absolute Gasteiger partial charge is 0.308 e. The van der Waals surface area contributed by atoms with Crippen molar-refractivity contribution in [3.8, 4) is 0 Å². The van der Waals surface area contributed by atoms with Crippen molar-refractivity contribution in [2.24, 2.45) is 0 Å². The number of carbonyl (C=O) groups excluding carboxylic acids is 2. The average molecular weight is 328 g/mol. The molecule has 1 N–H and O–H groups in total. The summed E-state index contributed by atoms with van der Waals surface area (Å²) in [6, 6.07) is 7.13. The van der Waals surface area contributed by atoms with Gasteiger partial charge in [-0.15, -0.1) is 0 Å². The molecule has 0 bridgehead atoms. The summed E-state index contributed by atoms with van der Waals surface area (Å²) in [6.07, 6.45) is -0.0400. The molecule has 5 heteroatoms. The quantitative estimate of drug-likeness (QED) is 0.846. The normalized spacial score (nSPS) is 12.1. The van der Waals surface area contributed by atoms with Crippen molar-refractivity contribution in [2.75, 3.05) is 0 Å². The topological polar surface area (TPSA) is 55.4 Å². The van der Waals surface area contributed by atoms with Crippen LogP contribution in [-0.4, -0.2) is 18.0 Å². The summed E-state index contributed by atoms with van der Waals surface area (Å²) in [5.41, 5.74) is 0.866. The Morgan fingerprint density at radius 2 is 2.05 bits per heavy atom. The molecule has 1 atom stereocenters. The number of carbonyl (C=O) groups is 2. The van der Waals surface area contributed by atoms with Crippen LogP contribution in [0, 0.1) is 0 Å². The van der Waals surface area contributed by atoms with E-state index in [0.717, 1.165) is 10.0 Å². The fourth-order valence-electron chi connectivity index (χ4n) is 1.70. The van der Waals surface area contributed by atoms with E-state index in [9.17, 15) is 9.59 Å². The van der Waals surface area contributed by atoms with E-state index >= 15 is 0 Å². The SMILES string of the molecule is CC(=O)NC(CC(=O)OC(C)C)c1cccc(Br)c1. The standard InChI is InChI=1S/C14H18BrNO3/c1-9(2)19-14(18)8-13(16-10(3)17)11-5-4-6-12(15)7-11/h4-7,9,13H,8H2,1-3H3,(H,16,17). The van der Waals surface area contributed by atoms with Gasteiger partial charge < -0.3 is 10.1 Å². The van der Waals surface area contributed by atoms with Gasteiger partial charge in [0.1, 0.15) is 0 Å². The van der Waals surface area contributed by atoms with Gasteiger partial charge in [-0.2, -0.15) is 0 Å². The molecule has 0 saturated heterocycles. The van der Waals surface area contributed by atoms with Crippen LogP contribution in [0.5, 0.6) is 0 Å². The molecule has 0 aliphatic carbocycles. The Hall–Kier alpha value is -1.36. The van der Waals surface area contributed by atoms with Crippen molar-refractivity contribution in [2.45, 2.75) is 39.3 Å². The molecule has 1 aromatic rings. The second-order valence-electron chi connectivity index (χ2n) is 4.55. The summed E-state index contributed by atoms with van der Waals surface area (Å²) in [5.74, 6) is -0.504. The zero-order valence-electron chi connectivity index (χ0n) is 11.3. The Balaban J connectivity index is 2.83. The monoisotopic (exact) mass is 327 g/mol. The Labute approximate surface area is 121 Å². The van der Waals surface area contributed by atoms with Crippen LogP contribution in [0.3, 0.4) is 0 Å². The summed E-state index contributed by atoms with van der Waals surface area (Å²) in [4.78, 5) is 23.0. The van der Waals surface area contributed by atoms with E-state index in [1.54, 1.807) is 13.8 Å². The molecule has 0 aliphatic heterocycles. The van der Waals surface area contributed by atoms with Gasteiger partial charge in [0, 0.05) is 11.4 Å². The van der Waals surface area contributed by atoms with E-state index in [2.05, 4.69) is 21.2 Å². The molecule has 0 fully saturated rings. The van der Waals surface area contributed by atoms with Gasteiger partial charge >= 0.3 is 5.97 Å². The van der Waals surface area contributed by atoms with E-state index in [-0.39, 0.29) is 30.4 Å². The van der Waals surface area contributed by atoms with E-state index in [4.69, 9.17) is 4.74 Å². The number of hydrogen-bond donors (Lipinski definition) is 1. The molecule has 1 aromatic carbocycles. The highest BCUT2D eigenvalue weighted by Gasteiger charge is 2.18. The van der Waals surface area contributed by atoms with Crippen LogP contribution in [-0.2, 0) is 14.3 Å². The summed E-state index contributed by atoms with van der Waals surface area (Å²) >= 11 is 3.37. The van der Waals surface area contributed by atoms with Gasteiger partial charge in [-0.05, 0) is 31.5 Å². The number of nitrogens with one attached hydrogen (secondary N) is 1. The number of amides is 1. The highest BCUT2D eigenvalue weighted by Crippen LogP contribution is 2.21. The molecule has 1 rings (SSSR count). The highest BCUT2D eigenvalue weighted by atomic mass is 79.9. The molecule has 104 valence electrons. The van der Waals surface area contributed by atoms with Crippen LogP contribution >= 0.6 is 15.9 Å². The van der Waals surface area contributed by atoms with Crippen LogP contribution in [0.1, 0.15) is 38.8 Å². The Morgan fingerprint density at radius 1 is 1.37 bits per heavy atom. The van der Waals surface area contributed by atoms with E-state index in [0.29, 0.717) is 0 Å². The Morgan fingerprint density at radius 3 is 2.58 bits per heavy atom. The summed E-state index contributed by atoms with van der Waals surface area (Å²) in [5, 5.41) is 2.77. The number of esters is 1. The molecule has 1 unspecified atom stereocenters. The summed E-state index contributed by atoms with van der Waals surface area (Å²) in [6.45, 7) is 5.02. The van der Waals surface area contributed by atoms with Crippen LogP contribution in [0.2, 0.25) is 0 Å². The molecular formula is C14H18BrNO3. The summed E-state index contributed by atoms with van der Waals surface area (Å²) < 4.78 is 6.01. The minimum absolute atomic E-state index is 0.119. The van der Waals surface area contributed by atoms with Gasteiger partial charge in [-0.3, -0.25) is 9.59 Å². The van der Waals surface area contributed by atoms with Gasteiger partial charge in [-0.1, -0.05) is 28.1 Å². The number of rotatable bonds is 5. The molecule has 0 aromatic heterocycles. The Kier molecular flexibility index (Phi) is 6.02. The average Bonchev–Trinajstić information content (AvgIpc) is 2.26. The molecule has 1 amide bonds. The van der Waals surface area contributed by atoms with Crippen molar-refractivity contribution in [1.82, 2.24) is 5.32 Å². The van der Waals surface area contributed by atoms with Crippen molar-refractivity contribution in [3.05, 3.63) is 34.3 Å². The van der Waals surface area contributed by atoms with Crippen LogP contribution < -0.4 is 5.32 Å². The summed E-state index contributed by atoms with van der Waals surface area (Å²) in [7, 11) is 0. The maximum atomic E-state index is 11.7. The minimum Gasteiger partial charge on any atom is -0.463 e. The first-order valence-corrected chi connectivity index (χ1v) is 6.90. The first-order valence-electron chi connectivity index (χ1n) is 6.10. The zero-order chi connectivity index (χ0) is 14.4. The van der Waals surface area contributed by atoms with Crippen LogP contribution in [0.25, 0.3) is 0 Å². The third-order valence-electron chi connectivity index (χ3n) is 2.37. The third kappa shape index (κ3) is 5.87. The third-order valence-corrected chi connectivity index (χ3v) is 2.86. The molecule has 0 heterocycles. The van der Waals surface area contributed by atoms with E-state index in [1.165, 1.54) is 6.92 Å². The molecule has 0 saturated carbocycles.